The Morgan fingerprint density at radius 3 is 3.05 bits per heavy atom. The molecule has 1 unspecified atom stereocenters. The van der Waals surface area contributed by atoms with Crippen LogP contribution in [0, 0.1) is 6.92 Å². The van der Waals surface area contributed by atoms with Crippen molar-refractivity contribution in [2.24, 2.45) is 0 Å². The molecule has 0 saturated carbocycles. The molecule has 2 heterocycles. The summed E-state index contributed by atoms with van der Waals surface area (Å²) >= 11 is 3.48. The van der Waals surface area contributed by atoms with Crippen molar-refractivity contribution in [3.05, 3.63) is 53.1 Å². The first-order valence-electron chi connectivity index (χ1n) is 6.39. The number of aromatic nitrogens is 2. The van der Waals surface area contributed by atoms with Gasteiger partial charge in [0.25, 0.3) is 0 Å². The highest BCUT2D eigenvalue weighted by molar-refractivity contribution is 9.08. The van der Waals surface area contributed by atoms with Crippen LogP contribution in [-0.4, -0.2) is 16.6 Å². The number of ether oxygens (including phenoxy) is 1. The van der Waals surface area contributed by atoms with Gasteiger partial charge in [-0.05, 0) is 25.0 Å². The summed E-state index contributed by atoms with van der Waals surface area (Å²) in [7, 11) is 0. The van der Waals surface area contributed by atoms with Gasteiger partial charge in [-0.2, -0.15) is 0 Å². The summed E-state index contributed by atoms with van der Waals surface area (Å²) in [5, 5.41) is 0.763. The lowest BCUT2D eigenvalue weighted by molar-refractivity contribution is 0.274. The van der Waals surface area contributed by atoms with Crippen LogP contribution >= 0.6 is 15.9 Å². The molecule has 2 aromatic rings. The summed E-state index contributed by atoms with van der Waals surface area (Å²) < 4.78 is 5.69. The number of rotatable bonds is 2. The number of fused-ring (bicyclic) bond motifs is 1. The van der Waals surface area contributed by atoms with Gasteiger partial charge in [-0.15, -0.1) is 0 Å². The van der Waals surface area contributed by atoms with E-state index in [1.165, 1.54) is 5.56 Å². The lowest BCUT2D eigenvalue weighted by Gasteiger charge is -2.25. The molecule has 3 nitrogen and oxygen atoms in total. The van der Waals surface area contributed by atoms with Crippen LogP contribution < -0.4 is 4.74 Å². The second-order valence-corrected chi connectivity index (χ2v) is 5.28. The average Bonchev–Trinajstić information content (AvgIpc) is 2.47. The molecule has 4 heteroatoms. The monoisotopic (exact) mass is 318 g/mol. The fourth-order valence-corrected chi connectivity index (χ4v) is 2.97. The van der Waals surface area contributed by atoms with Gasteiger partial charge in [-0.3, -0.25) is 0 Å². The van der Waals surface area contributed by atoms with Crippen LogP contribution in [0.1, 0.15) is 35.0 Å². The van der Waals surface area contributed by atoms with E-state index >= 15 is 0 Å². The largest absolute Gasteiger partial charge is 0.493 e. The van der Waals surface area contributed by atoms with Crippen LogP contribution in [0.4, 0.5) is 0 Å². The molecule has 1 aliphatic heterocycles. The molecule has 1 atom stereocenters. The van der Waals surface area contributed by atoms with Gasteiger partial charge in [0.05, 0.1) is 18.2 Å². The van der Waals surface area contributed by atoms with Crippen molar-refractivity contribution in [2.75, 3.05) is 6.61 Å². The minimum absolute atomic E-state index is 0.239. The quantitative estimate of drug-likeness (QED) is 0.794. The maximum Gasteiger partial charge on any atom is 0.136 e. The van der Waals surface area contributed by atoms with E-state index in [9.17, 15) is 0 Å². The first kappa shape index (κ1) is 12.6. The van der Waals surface area contributed by atoms with Crippen molar-refractivity contribution in [3.63, 3.8) is 0 Å². The predicted octanol–water partition coefficient (Wildman–Crippen LogP) is 3.59. The summed E-state index contributed by atoms with van der Waals surface area (Å²) in [6, 6.07) is 8.17. The minimum atomic E-state index is 0.239. The number of alkyl halides is 1. The van der Waals surface area contributed by atoms with E-state index in [1.807, 2.05) is 31.3 Å². The zero-order valence-electron chi connectivity index (χ0n) is 10.8. The third kappa shape index (κ3) is 2.37. The number of nitrogens with zero attached hydrogens (tertiary/aromatic N) is 2. The molecule has 1 aliphatic rings. The molecular formula is C15H15BrN2O. The van der Waals surface area contributed by atoms with Crippen LogP contribution in [0.25, 0.3) is 0 Å². The van der Waals surface area contributed by atoms with Crippen molar-refractivity contribution in [2.45, 2.75) is 24.6 Å². The standard InChI is InChI=1S/C15H15BrN2O/c1-10-9-17-15(18-13(10)8-16)12-6-7-19-14-5-3-2-4-11(12)14/h2-5,9,12H,6-8H2,1H3. The van der Waals surface area contributed by atoms with Gasteiger partial charge in [0.1, 0.15) is 11.6 Å². The second-order valence-electron chi connectivity index (χ2n) is 4.72. The molecule has 0 amide bonds. The molecule has 1 aromatic heterocycles. The number of hydrogen-bond acceptors (Lipinski definition) is 3. The maximum atomic E-state index is 5.69. The van der Waals surface area contributed by atoms with Gasteiger partial charge in [0.15, 0.2) is 0 Å². The molecule has 19 heavy (non-hydrogen) atoms. The van der Waals surface area contributed by atoms with E-state index in [1.54, 1.807) is 0 Å². The number of hydrogen-bond donors (Lipinski definition) is 0. The van der Waals surface area contributed by atoms with Gasteiger partial charge >= 0.3 is 0 Å². The third-order valence-corrected chi connectivity index (χ3v) is 4.02. The zero-order valence-corrected chi connectivity index (χ0v) is 12.4. The Morgan fingerprint density at radius 2 is 2.21 bits per heavy atom. The van der Waals surface area contributed by atoms with Crippen molar-refractivity contribution < 1.29 is 4.74 Å². The second kappa shape index (κ2) is 5.29. The molecular weight excluding hydrogens is 304 g/mol. The smallest absolute Gasteiger partial charge is 0.136 e. The van der Waals surface area contributed by atoms with E-state index in [4.69, 9.17) is 9.72 Å². The molecule has 3 rings (SSSR count). The van der Waals surface area contributed by atoms with Crippen LogP contribution in [0.3, 0.4) is 0 Å². The minimum Gasteiger partial charge on any atom is -0.493 e. The van der Waals surface area contributed by atoms with Crippen molar-refractivity contribution >= 4 is 15.9 Å². The van der Waals surface area contributed by atoms with Crippen LogP contribution in [-0.2, 0) is 5.33 Å². The predicted molar refractivity (Wildman–Crippen MR) is 77.8 cm³/mol. The zero-order chi connectivity index (χ0) is 13.2. The van der Waals surface area contributed by atoms with E-state index in [0.29, 0.717) is 0 Å². The Balaban J connectivity index is 2.04. The number of benzene rings is 1. The molecule has 0 aliphatic carbocycles. The van der Waals surface area contributed by atoms with Gasteiger partial charge in [0.2, 0.25) is 0 Å². The summed E-state index contributed by atoms with van der Waals surface area (Å²) in [5.41, 5.74) is 3.38. The van der Waals surface area contributed by atoms with E-state index < -0.39 is 0 Å². The molecule has 0 bridgehead atoms. The van der Waals surface area contributed by atoms with Crippen molar-refractivity contribution in [1.29, 1.82) is 0 Å². The third-order valence-electron chi connectivity index (χ3n) is 3.49. The molecule has 0 spiro atoms. The van der Waals surface area contributed by atoms with Gasteiger partial charge < -0.3 is 4.74 Å². The van der Waals surface area contributed by atoms with Gasteiger partial charge in [-0.1, -0.05) is 34.1 Å². The molecule has 98 valence electrons. The lowest BCUT2D eigenvalue weighted by atomic mass is 9.92. The molecule has 0 saturated heterocycles. The summed E-state index contributed by atoms with van der Waals surface area (Å²) in [6.45, 7) is 2.76. The average molecular weight is 319 g/mol. The Kier molecular flexibility index (Phi) is 3.51. The van der Waals surface area contributed by atoms with Crippen molar-refractivity contribution in [1.82, 2.24) is 9.97 Å². The fourth-order valence-electron chi connectivity index (χ4n) is 2.41. The summed E-state index contributed by atoms with van der Waals surface area (Å²) in [6.07, 6.45) is 2.85. The van der Waals surface area contributed by atoms with Crippen LogP contribution in [0.2, 0.25) is 0 Å². The molecule has 0 N–H and O–H groups in total. The Morgan fingerprint density at radius 1 is 1.37 bits per heavy atom. The first-order valence-corrected chi connectivity index (χ1v) is 7.52. The molecule has 0 fully saturated rings. The molecule has 1 aromatic carbocycles. The molecule has 0 radical (unpaired) electrons. The summed E-state index contributed by atoms with van der Waals surface area (Å²) in [5.74, 6) is 2.10. The number of aryl methyl sites for hydroxylation is 1. The van der Waals surface area contributed by atoms with E-state index in [2.05, 4.69) is 27.0 Å². The van der Waals surface area contributed by atoms with Gasteiger partial charge in [-0.25, -0.2) is 9.97 Å². The maximum absolute atomic E-state index is 5.69. The highest BCUT2D eigenvalue weighted by Crippen LogP contribution is 2.36. The highest BCUT2D eigenvalue weighted by Gasteiger charge is 2.25. The van der Waals surface area contributed by atoms with Crippen molar-refractivity contribution in [3.8, 4) is 5.75 Å². The van der Waals surface area contributed by atoms with Crippen LogP contribution in [0.5, 0.6) is 5.75 Å². The SMILES string of the molecule is Cc1cnc(C2CCOc3ccccc32)nc1CBr. The Hall–Kier alpha value is -1.42. The fraction of sp³-hybridized carbons (Fsp3) is 0.333. The normalized spacial score (nSPS) is 17.7. The topological polar surface area (TPSA) is 35.0 Å². The van der Waals surface area contributed by atoms with Crippen LogP contribution in [0.15, 0.2) is 30.5 Å². The van der Waals surface area contributed by atoms with Gasteiger partial charge in [0, 0.05) is 17.1 Å². The first-order chi connectivity index (χ1) is 9.29. The highest BCUT2D eigenvalue weighted by atomic mass is 79.9. The van der Waals surface area contributed by atoms with E-state index in [-0.39, 0.29) is 5.92 Å². The number of halogens is 1. The Bertz CT molecular complexity index is 600. The number of para-hydroxylation sites is 1. The Labute approximate surface area is 121 Å². The van der Waals surface area contributed by atoms with E-state index in [0.717, 1.165) is 41.2 Å². The summed E-state index contributed by atoms with van der Waals surface area (Å²) in [4.78, 5) is 9.22. The lowest BCUT2D eigenvalue weighted by Crippen LogP contribution is -2.17.